The van der Waals surface area contributed by atoms with E-state index in [1.807, 2.05) is 0 Å². The lowest BCUT2D eigenvalue weighted by atomic mass is 10.1. The maximum absolute atomic E-state index is 14.6. The van der Waals surface area contributed by atoms with Crippen LogP contribution >= 0.6 is 0 Å². The fourth-order valence-corrected chi connectivity index (χ4v) is 2.63. The molecule has 9 heteroatoms. The van der Waals surface area contributed by atoms with Crippen LogP contribution in [0, 0.1) is 23.4 Å². The second-order valence-corrected chi connectivity index (χ2v) is 8.29. The molecule has 2 unspecified atom stereocenters. The predicted molar refractivity (Wildman–Crippen MR) is 116 cm³/mol. The molecule has 1 saturated heterocycles. The van der Waals surface area contributed by atoms with Crippen LogP contribution in [0.25, 0.3) is 11.3 Å². The molecule has 1 aliphatic rings. The van der Waals surface area contributed by atoms with Crippen LogP contribution in [-0.2, 0) is 4.79 Å². The van der Waals surface area contributed by atoms with E-state index >= 15 is 0 Å². The Labute approximate surface area is 187 Å². The van der Waals surface area contributed by atoms with Gasteiger partial charge in [-0.1, -0.05) is 46.2 Å². The second-order valence-electron chi connectivity index (χ2n) is 8.29. The van der Waals surface area contributed by atoms with Crippen molar-refractivity contribution in [2.45, 2.75) is 67.0 Å². The Balaban J connectivity index is 0.000000645. The maximum Gasteiger partial charge on any atom is 0.279 e. The smallest absolute Gasteiger partial charge is 0.279 e. The minimum atomic E-state index is -1.18. The summed E-state index contributed by atoms with van der Waals surface area (Å²) in [6.45, 7) is 14.1. The van der Waals surface area contributed by atoms with E-state index in [0.29, 0.717) is 0 Å². The second kappa shape index (κ2) is 12.3. The van der Waals surface area contributed by atoms with Gasteiger partial charge < -0.3 is 14.7 Å². The Hall–Kier alpha value is -2.84. The van der Waals surface area contributed by atoms with Crippen molar-refractivity contribution in [1.82, 2.24) is 15.4 Å². The average Bonchev–Trinajstić information content (AvgIpc) is 3.08. The molecule has 2 atom stereocenters. The lowest BCUT2D eigenvalue weighted by Gasteiger charge is -2.35. The quantitative estimate of drug-likeness (QED) is 0.677. The van der Waals surface area contributed by atoms with Gasteiger partial charge in [0.1, 0.15) is 6.04 Å². The number of rotatable bonds is 2. The summed E-state index contributed by atoms with van der Waals surface area (Å²) in [6.07, 6.45) is 1.25. The van der Waals surface area contributed by atoms with Gasteiger partial charge in [-0.2, -0.15) is 4.39 Å². The summed E-state index contributed by atoms with van der Waals surface area (Å²) in [7, 11) is 0. The van der Waals surface area contributed by atoms with E-state index in [1.165, 1.54) is 18.2 Å². The molecule has 0 aliphatic carbocycles. The van der Waals surface area contributed by atoms with Gasteiger partial charge in [0.05, 0.1) is 0 Å². The molecule has 2 aromatic rings. The molecule has 1 N–H and O–H groups in total. The molecule has 1 aromatic carbocycles. The largest absolute Gasteiger partial charge is 0.352 e. The van der Waals surface area contributed by atoms with Crippen molar-refractivity contribution in [3.05, 3.63) is 41.3 Å². The molecule has 32 heavy (non-hydrogen) atoms. The van der Waals surface area contributed by atoms with Crippen LogP contribution in [0.3, 0.4) is 0 Å². The average molecular weight is 456 g/mol. The molecule has 2 amide bonds. The van der Waals surface area contributed by atoms with Gasteiger partial charge in [0.2, 0.25) is 23.2 Å². The zero-order chi connectivity index (χ0) is 24.6. The summed E-state index contributed by atoms with van der Waals surface area (Å²) in [5.74, 6) is -4.20. The first kappa shape index (κ1) is 27.2. The van der Waals surface area contributed by atoms with Crippen LogP contribution in [0.4, 0.5) is 13.2 Å². The van der Waals surface area contributed by atoms with Gasteiger partial charge in [0.25, 0.3) is 5.91 Å². The first-order valence-corrected chi connectivity index (χ1v) is 10.7. The molecule has 1 fully saturated rings. The number of benzene rings is 1. The van der Waals surface area contributed by atoms with Crippen LogP contribution in [0.2, 0.25) is 0 Å². The van der Waals surface area contributed by atoms with Gasteiger partial charge in [-0.3, -0.25) is 9.59 Å². The minimum Gasteiger partial charge on any atom is -0.352 e. The summed E-state index contributed by atoms with van der Waals surface area (Å²) >= 11 is 0. The maximum atomic E-state index is 14.6. The van der Waals surface area contributed by atoms with Gasteiger partial charge in [-0.05, 0) is 38.0 Å². The first-order chi connectivity index (χ1) is 14.9. The molecular formula is C23H32F3N3O3. The lowest BCUT2D eigenvalue weighted by Crippen LogP contribution is -2.59. The number of aromatic nitrogens is 1. The topological polar surface area (TPSA) is 75.4 Å². The Morgan fingerprint density at radius 1 is 1.19 bits per heavy atom. The highest BCUT2D eigenvalue weighted by Gasteiger charge is 2.36. The first-order valence-electron chi connectivity index (χ1n) is 10.7. The molecule has 1 aliphatic heterocycles. The van der Waals surface area contributed by atoms with Crippen molar-refractivity contribution >= 4 is 11.8 Å². The number of halogens is 3. The Kier molecular flexibility index (Phi) is 10.4. The minimum absolute atomic E-state index is 0.0965. The van der Waals surface area contributed by atoms with E-state index in [2.05, 4.69) is 45.1 Å². The van der Waals surface area contributed by atoms with Crippen molar-refractivity contribution in [2.24, 2.45) is 5.92 Å². The fraction of sp³-hybridized carbons (Fsp3) is 0.522. The SMILES string of the molecule is CC(C)C.CC1CN(C(=O)c2noc(-c3ccc(F)c(F)c3)c2F)C(C)C(=O)N1.CCC. The molecule has 0 radical (unpaired) electrons. The number of hydrogen-bond donors (Lipinski definition) is 1. The third-order valence-corrected chi connectivity index (χ3v) is 3.99. The van der Waals surface area contributed by atoms with Gasteiger partial charge in [-0.25, -0.2) is 8.78 Å². The van der Waals surface area contributed by atoms with Crippen molar-refractivity contribution in [3.8, 4) is 11.3 Å². The monoisotopic (exact) mass is 455 g/mol. The summed E-state index contributed by atoms with van der Waals surface area (Å²) in [4.78, 5) is 25.5. The van der Waals surface area contributed by atoms with Gasteiger partial charge in [0.15, 0.2) is 11.6 Å². The van der Waals surface area contributed by atoms with Crippen LogP contribution in [-0.4, -0.2) is 40.5 Å². The van der Waals surface area contributed by atoms with Crippen LogP contribution in [0.1, 0.15) is 65.4 Å². The standard InChI is InChI=1S/C16H14F3N3O3.C4H10.C3H8/c1-7-6-22(8(2)15(23)20-7)16(24)13-12(19)14(25-21-13)9-3-4-10(17)11(18)5-9;1-4(2)3;1-3-2/h3-5,7-8H,6H2,1-2H3,(H,20,23);4H,1-3H3;3H2,1-2H3. The number of piperazine rings is 1. The highest BCUT2D eigenvalue weighted by atomic mass is 19.2. The molecule has 178 valence electrons. The van der Waals surface area contributed by atoms with E-state index in [-0.39, 0.29) is 24.1 Å². The number of carbonyl (C=O) groups excluding carboxylic acids is 2. The normalized spacial score (nSPS) is 17.7. The molecule has 0 bridgehead atoms. The van der Waals surface area contributed by atoms with E-state index < -0.39 is 40.9 Å². The highest BCUT2D eigenvalue weighted by molar-refractivity contribution is 5.97. The Morgan fingerprint density at radius 3 is 2.28 bits per heavy atom. The van der Waals surface area contributed by atoms with Crippen LogP contribution in [0.5, 0.6) is 0 Å². The summed E-state index contributed by atoms with van der Waals surface area (Å²) in [6, 6.07) is 1.56. The molecular weight excluding hydrogens is 423 g/mol. The predicted octanol–water partition coefficient (Wildman–Crippen LogP) is 5.19. The third kappa shape index (κ3) is 7.10. The van der Waals surface area contributed by atoms with Gasteiger partial charge in [-0.15, -0.1) is 0 Å². The zero-order valence-corrected chi connectivity index (χ0v) is 19.6. The molecule has 0 spiro atoms. The lowest BCUT2D eigenvalue weighted by molar-refractivity contribution is -0.128. The van der Waals surface area contributed by atoms with Crippen molar-refractivity contribution < 1.29 is 27.3 Å². The molecule has 0 saturated carbocycles. The summed E-state index contributed by atoms with van der Waals surface area (Å²) < 4.78 is 45.7. The third-order valence-electron chi connectivity index (χ3n) is 3.99. The van der Waals surface area contributed by atoms with Crippen molar-refractivity contribution in [3.63, 3.8) is 0 Å². The van der Waals surface area contributed by atoms with Crippen molar-refractivity contribution in [1.29, 1.82) is 0 Å². The van der Waals surface area contributed by atoms with E-state index in [4.69, 9.17) is 4.52 Å². The number of nitrogens with zero attached hydrogens (tertiary/aromatic N) is 2. The Morgan fingerprint density at radius 2 is 1.75 bits per heavy atom. The fourth-order valence-electron chi connectivity index (χ4n) is 2.63. The number of hydrogen-bond acceptors (Lipinski definition) is 4. The summed E-state index contributed by atoms with van der Waals surface area (Å²) in [5.41, 5.74) is -0.714. The van der Waals surface area contributed by atoms with Crippen molar-refractivity contribution in [2.75, 3.05) is 6.54 Å². The van der Waals surface area contributed by atoms with E-state index in [1.54, 1.807) is 6.92 Å². The number of carbonyl (C=O) groups is 2. The zero-order valence-electron chi connectivity index (χ0n) is 19.6. The molecule has 2 heterocycles. The Bertz CT molecular complexity index is 912. The van der Waals surface area contributed by atoms with E-state index in [0.717, 1.165) is 24.1 Å². The summed E-state index contributed by atoms with van der Waals surface area (Å²) in [5, 5.41) is 6.09. The van der Waals surface area contributed by atoms with E-state index in [9.17, 15) is 22.8 Å². The number of nitrogens with one attached hydrogen (secondary N) is 1. The molecule has 6 nitrogen and oxygen atoms in total. The molecule has 1 aromatic heterocycles. The van der Waals surface area contributed by atoms with Crippen LogP contribution < -0.4 is 5.32 Å². The number of amides is 2. The van der Waals surface area contributed by atoms with Crippen LogP contribution in [0.15, 0.2) is 22.7 Å². The highest BCUT2D eigenvalue weighted by Crippen LogP contribution is 2.27. The molecule has 3 rings (SSSR count). The van der Waals surface area contributed by atoms with Gasteiger partial charge >= 0.3 is 0 Å². The van der Waals surface area contributed by atoms with Gasteiger partial charge in [0, 0.05) is 18.2 Å².